The predicted octanol–water partition coefficient (Wildman–Crippen LogP) is 3.18. The number of nitrogens with one attached hydrogen (secondary N) is 1. The summed E-state index contributed by atoms with van der Waals surface area (Å²) < 4.78 is 5.80. The van der Waals surface area contributed by atoms with Crippen molar-refractivity contribution in [3.05, 3.63) is 65.7 Å². The van der Waals surface area contributed by atoms with E-state index in [0.29, 0.717) is 6.61 Å². The van der Waals surface area contributed by atoms with Gasteiger partial charge in [0.1, 0.15) is 12.4 Å². The number of nitrogens with two attached hydrogens (primary N) is 1. The molecule has 2 aromatic rings. The zero-order chi connectivity index (χ0) is 13.5. The molecule has 100 valence electrons. The van der Waals surface area contributed by atoms with E-state index < -0.39 is 0 Å². The maximum Gasteiger partial charge on any atom is 0.120 e. The van der Waals surface area contributed by atoms with Gasteiger partial charge in [-0.2, -0.15) is 0 Å². The second-order valence-corrected chi connectivity index (χ2v) is 4.47. The number of rotatable bonds is 6. The fraction of sp³-hybridized carbons (Fsp3) is 0.250. The highest BCUT2D eigenvalue weighted by Crippen LogP contribution is 2.21. The van der Waals surface area contributed by atoms with Crippen LogP contribution in [0, 0.1) is 0 Å². The van der Waals surface area contributed by atoms with E-state index in [-0.39, 0.29) is 6.04 Å². The van der Waals surface area contributed by atoms with Gasteiger partial charge < -0.3 is 4.74 Å². The third-order valence-corrected chi connectivity index (χ3v) is 3.12. The molecule has 0 heterocycles. The Morgan fingerprint density at radius 2 is 1.89 bits per heavy atom. The van der Waals surface area contributed by atoms with Crippen LogP contribution in [0.5, 0.6) is 5.75 Å². The molecule has 0 saturated carbocycles. The van der Waals surface area contributed by atoms with Crippen LogP contribution in [0.1, 0.15) is 30.5 Å². The summed E-state index contributed by atoms with van der Waals surface area (Å²) in [4.78, 5) is 0. The quantitative estimate of drug-likeness (QED) is 0.616. The van der Waals surface area contributed by atoms with Gasteiger partial charge in [0, 0.05) is 6.04 Å². The van der Waals surface area contributed by atoms with E-state index >= 15 is 0 Å². The van der Waals surface area contributed by atoms with E-state index in [9.17, 15) is 0 Å². The summed E-state index contributed by atoms with van der Waals surface area (Å²) in [5.74, 6) is 6.41. The van der Waals surface area contributed by atoms with Crippen molar-refractivity contribution in [1.29, 1.82) is 0 Å². The van der Waals surface area contributed by atoms with Gasteiger partial charge in [-0.15, -0.1) is 0 Å². The van der Waals surface area contributed by atoms with E-state index in [1.807, 2.05) is 36.4 Å². The minimum atomic E-state index is 0.167. The molecule has 19 heavy (non-hydrogen) atoms. The lowest BCUT2D eigenvalue weighted by molar-refractivity contribution is 0.305. The average molecular weight is 256 g/mol. The molecule has 2 aromatic carbocycles. The molecule has 1 unspecified atom stereocenters. The highest BCUT2D eigenvalue weighted by Gasteiger charge is 2.07. The van der Waals surface area contributed by atoms with Gasteiger partial charge in [0.25, 0.3) is 0 Å². The third kappa shape index (κ3) is 3.81. The van der Waals surface area contributed by atoms with Crippen molar-refractivity contribution in [1.82, 2.24) is 5.43 Å². The zero-order valence-corrected chi connectivity index (χ0v) is 11.2. The summed E-state index contributed by atoms with van der Waals surface area (Å²) in [7, 11) is 0. The van der Waals surface area contributed by atoms with Crippen molar-refractivity contribution in [3.8, 4) is 5.75 Å². The van der Waals surface area contributed by atoms with E-state index in [1.165, 1.54) is 0 Å². The Kier molecular flexibility index (Phi) is 4.95. The average Bonchev–Trinajstić information content (AvgIpc) is 2.48. The lowest BCUT2D eigenvalue weighted by atomic mass is 10.1. The van der Waals surface area contributed by atoms with Crippen LogP contribution >= 0.6 is 0 Å². The van der Waals surface area contributed by atoms with Crippen molar-refractivity contribution in [2.24, 2.45) is 5.84 Å². The molecule has 3 N–H and O–H groups in total. The molecule has 3 heteroatoms. The summed E-state index contributed by atoms with van der Waals surface area (Å²) in [6, 6.07) is 18.4. The SMILES string of the molecule is CCC(NN)c1cccc(OCc2ccccc2)c1. The first-order valence-corrected chi connectivity index (χ1v) is 6.56. The van der Waals surface area contributed by atoms with Gasteiger partial charge in [-0.25, -0.2) is 0 Å². The summed E-state index contributed by atoms with van der Waals surface area (Å²) in [5.41, 5.74) is 5.13. The Bertz CT molecular complexity index is 495. The zero-order valence-electron chi connectivity index (χ0n) is 11.2. The van der Waals surface area contributed by atoms with Crippen molar-refractivity contribution < 1.29 is 4.74 Å². The summed E-state index contributed by atoms with van der Waals surface area (Å²) in [6.45, 7) is 2.68. The standard InChI is InChI=1S/C16H20N2O/c1-2-16(18-17)14-9-6-10-15(11-14)19-12-13-7-4-3-5-8-13/h3-11,16,18H,2,12,17H2,1H3. The lowest BCUT2D eigenvalue weighted by Crippen LogP contribution is -2.27. The van der Waals surface area contributed by atoms with Crippen molar-refractivity contribution in [2.75, 3.05) is 0 Å². The maximum atomic E-state index is 5.80. The molecule has 0 amide bonds. The fourth-order valence-electron chi connectivity index (χ4n) is 2.01. The molecule has 0 spiro atoms. The second kappa shape index (κ2) is 6.92. The first kappa shape index (κ1) is 13.6. The molecular weight excluding hydrogens is 236 g/mol. The summed E-state index contributed by atoms with van der Waals surface area (Å²) >= 11 is 0. The number of hydrogen-bond acceptors (Lipinski definition) is 3. The molecule has 0 aromatic heterocycles. The van der Waals surface area contributed by atoms with Crippen molar-refractivity contribution >= 4 is 0 Å². The Morgan fingerprint density at radius 3 is 2.58 bits per heavy atom. The molecule has 1 atom stereocenters. The Morgan fingerprint density at radius 1 is 1.11 bits per heavy atom. The maximum absolute atomic E-state index is 5.80. The van der Waals surface area contributed by atoms with Gasteiger partial charge >= 0.3 is 0 Å². The van der Waals surface area contributed by atoms with Crippen molar-refractivity contribution in [2.45, 2.75) is 26.0 Å². The fourth-order valence-corrected chi connectivity index (χ4v) is 2.01. The molecule has 0 aliphatic carbocycles. The van der Waals surface area contributed by atoms with Gasteiger partial charge in [0.15, 0.2) is 0 Å². The topological polar surface area (TPSA) is 47.3 Å². The monoisotopic (exact) mass is 256 g/mol. The largest absolute Gasteiger partial charge is 0.489 e. The predicted molar refractivity (Wildman–Crippen MR) is 77.6 cm³/mol. The number of hydrogen-bond donors (Lipinski definition) is 2. The van der Waals surface area contributed by atoms with Gasteiger partial charge in [0.05, 0.1) is 0 Å². The first-order chi connectivity index (χ1) is 9.33. The highest BCUT2D eigenvalue weighted by atomic mass is 16.5. The van der Waals surface area contributed by atoms with E-state index in [2.05, 4.69) is 30.5 Å². The molecule has 0 fully saturated rings. The second-order valence-electron chi connectivity index (χ2n) is 4.47. The summed E-state index contributed by atoms with van der Waals surface area (Å²) in [5, 5.41) is 0. The third-order valence-electron chi connectivity index (χ3n) is 3.12. The molecule has 0 aliphatic rings. The van der Waals surface area contributed by atoms with Gasteiger partial charge in [-0.1, -0.05) is 49.4 Å². The lowest BCUT2D eigenvalue weighted by Gasteiger charge is -2.15. The van der Waals surface area contributed by atoms with Gasteiger partial charge in [0.2, 0.25) is 0 Å². The molecule has 0 radical (unpaired) electrons. The number of benzene rings is 2. The van der Waals surface area contributed by atoms with E-state index in [4.69, 9.17) is 10.6 Å². The number of ether oxygens (including phenoxy) is 1. The molecule has 3 nitrogen and oxygen atoms in total. The minimum Gasteiger partial charge on any atom is -0.489 e. The van der Waals surface area contributed by atoms with Crippen molar-refractivity contribution in [3.63, 3.8) is 0 Å². The van der Waals surface area contributed by atoms with E-state index in [1.54, 1.807) is 0 Å². The Balaban J connectivity index is 2.03. The van der Waals surface area contributed by atoms with Gasteiger partial charge in [-0.3, -0.25) is 11.3 Å². The first-order valence-electron chi connectivity index (χ1n) is 6.56. The molecule has 0 saturated heterocycles. The summed E-state index contributed by atoms with van der Waals surface area (Å²) in [6.07, 6.45) is 0.943. The van der Waals surface area contributed by atoms with Crippen LogP contribution in [-0.2, 0) is 6.61 Å². The molecule has 0 aliphatic heterocycles. The molecule has 0 bridgehead atoms. The van der Waals surface area contributed by atoms with Gasteiger partial charge in [-0.05, 0) is 29.7 Å². The van der Waals surface area contributed by atoms with Crippen LogP contribution < -0.4 is 16.0 Å². The van der Waals surface area contributed by atoms with Crippen LogP contribution in [0.2, 0.25) is 0 Å². The highest BCUT2D eigenvalue weighted by molar-refractivity contribution is 5.30. The van der Waals surface area contributed by atoms with Crippen LogP contribution in [0.25, 0.3) is 0 Å². The molecule has 2 rings (SSSR count). The normalized spacial score (nSPS) is 12.1. The number of hydrazine groups is 1. The van der Waals surface area contributed by atoms with Crippen LogP contribution in [0.15, 0.2) is 54.6 Å². The van der Waals surface area contributed by atoms with E-state index in [0.717, 1.165) is 23.3 Å². The van der Waals surface area contributed by atoms with Crippen LogP contribution in [-0.4, -0.2) is 0 Å². The minimum absolute atomic E-state index is 0.167. The Hall–Kier alpha value is -1.84. The smallest absolute Gasteiger partial charge is 0.120 e. The van der Waals surface area contributed by atoms with Crippen LogP contribution in [0.4, 0.5) is 0 Å². The van der Waals surface area contributed by atoms with Crippen LogP contribution in [0.3, 0.4) is 0 Å². The Labute approximate surface area is 114 Å². The molecular formula is C16H20N2O.